The second-order valence-corrected chi connectivity index (χ2v) is 8.62. The van der Waals surface area contributed by atoms with E-state index in [1.807, 2.05) is 41.8 Å². The predicted octanol–water partition coefficient (Wildman–Crippen LogP) is 2.96. The molecule has 2 aromatic heterocycles. The van der Waals surface area contributed by atoms with Crippen LogP contribution >= 0.6 is 11.6 Å². The number of hydrogen-bond donors (Lipinski definition) is 0. The molecule has 2 heterocycles. The van der Waals surface area contributed by atoms with E-state index >= 15 is 0 Å². The maximum atomic E-state index is 11.6. The molecule has 0 atom stereocenters. The van der Waals surface area contributed by atoms with E-state index in [4.69, 9.17) is 11.6 Å². The first-order valence-corrected chi connectivity index (χ1v) is 10.2. The van der Waals surface area contributed by atoms with Crippen LogP contribution in [0.3, 0.4) is 0 Å². The number of nitrogens with zero attached hydrogens (tertiary/aromatic N) is 4. The van der Waals surface area contributed by atoms with E-state index in [2.05, 4.69) is 10.1 Å². The van der Waals surface area contributed by atoms with Gasteiger partial charge in [0.2, 0.25) is 0 Å². The summed E-state index contributed by atoms with van der Waals surface area (Å²) in [6.07, 6.45) is 2.88. The molecular formula is C17H19ClN4O2S. The van der Waals surface area contributed by atoms with E-state index < -0.39 is 9.84 Å². The molecule has 0 N–H and O–H groups in total. The van der Waals surface area contributed by atoms with Crippen molar-refractivity contribution < 1.29 is 8.42 Å². The molecule has 6 nitrogen and oxygen atoms in total. The van der Waals surface area contributed by atoms with Gasteiger partial charge in [0.15, 0.2) is 0 Å². The zero-order chi connectivity index (χ0) is 18.2. The van der Waals surface area contributed by atoms with Crippen molar-refractivity contribution in [1.29, 1.82) is 0 Å². The van der Waals surface area contributed by atoms with Crippen molar-refractivity contribution in [3.8, 4) is 22.5 Å². The molecule has 0 bridgehead atoms. The Balaban J connectivity index is 2.20. The Morgan fingerprint density at radius 1 is 1.20 bits per heavy atom. The minimum Gasteiger partial charge on any atom is -0.329 e. The summed E-state index contributed by atoms with van der Waals surface area (Å²) in [5.41, 5.74) is 4.02. The topological polar surface area (TPSA) is 69.8 Å². The monoisotopic (exact) mass is 378 g/mol. The molecule has 0 saturated heterocycles. The van der Waals surface area contributed by atoms with Gasteiger partial charge in [0, 0.05) is 25.4 Å². The Hall–Kier alpha value is -2.12. The summed E-state index contributed by atoms with van der Waals surface area (Å²) in [4.78, 5) is 4.53. The van der Waals surface area contributed by atoms with E-state index in [9.17, 15) is 8.42 Å². The van der Waals surface area contributed by atoms with Crippen LogP contribution in [-0.4, -0.2) is 39.8 Å². The first kappa shape index (κ1) is 17.7. The molecular weight excluding hydrogens is 360 g/mol. The van der Waals surface area contributed by atoms with Crippen LogP contribution in [0.1, 0.15) is 5.69 Å². The third kappa shape index (κ3) is 3.62. The molecule has 0 radical (unpaired) electrons. The van der Waals surface area contributed by atoms with Gasteiger partial charge < -0.3 is 4.57 Å². The zero-order valence-corrected chi connectivity index (χ0v) is 15.8. The van der Waals surface area contributed by atoms with Gasteiger partial charge >= 0.3 is 0 Å². The Labute approximate surface area is 152 Å². The molecule has 3 aromatic rings. The number of aromatic nitrogens is 4. The molecule has 3 rings (SSSR count). The van der Waals surface area contributed by atoms with Crippen LogP contribution in [0.4, 0.5) is 0 Å². The maximum absolute atomic E-state index is 11.6. The van der Waals surface area contributed by atoms with E-state index in [0.29, 0.717) is 11.7 Å². The fourth-order valence-corrected chi connectivity index (χ4v) is 3.58. The van der Waals surface area contributed by atoms with Crippen LogP contribution in [0, 0.1) is 6.92 Å². The maximum Gasteiger partial charge on any atom is 0.149 e. The molecule has 25 heavy (non-hydrogen) atoms. The van der Waals surface area contributed by atoms with Crippen LogP contribution < -0.4 is 0 Å². The van der Waals surface area contributed by atoms with Gasteiger partial charge in [0.1, 0.15) is 15.0 Å². The Kier molecular flexibility index (Phi) is 4.71. The molecule has 0 amide bonds. The van der Waals surface area contributed by atoms with Crippen LogP contribution in [0.2, 0.25) is 5.15 Å². The summed E-state index contributed by atoms with van der Waals surface area (Å²) in [6, 6.07) is 9.74. The van der Waals surface area contributed by atoms with Gasteiger partial charge in [-0.05, 0) is 6.92 Å². The molecule has 0 saturated carbocycles. The van der Waals surface area contributed by atoms with Crippen LogP contribution in [-0.2, 0) is 23.4 Å². The minimum atomic E-state index is -3.09. The number of hydrogen-bond acceptors (Lipinski definition) is 4. The van der Waals surface area contributed by atoms with Gasteiger partial charge in [-0.3, -0.25) is 4.68 Å². The second kappa shape index (κ2) is 6.65. The lowest BCUT2D eigenvalue weighted by Crippen LogP contribution is -2.11. The molecule has 0 fully saturated rings. The van der Waals surface area contributed by atoms with Gasteiger partial charge in [0.25, 0.3) is 0 Å². The third-order valence-electron chi connectivity index (χ3n) is 3.98. The molecule has 1 aromatic carbocycles. The van der Waals surface area contributed by atoms with Crippen LogP contribution in [0.15, 0.2) is 36.7 Å². The van der Waals surface area contributed by atoms with Crippen molar-refractivity contribution >= 4 is 21.4 Å². The number of benzene rings is 1. The fourth-order valence-electron chi connectivity index (χ4n) is 2.78. The van der Waals surface area contributed by atoms with E-state index in [1.165, 1.54) is 6.26 Å². The quantitative estimate of drug-likeness (QED) is 0.684. The van der Waals surface area contributed by atoms with Crippen LogP contribution in [0.25, 0.3) is 22.5 Å². The first-order valence-electron chi connectivity index (χ1n) is 7.75. The average Bonchev–Trinajstić information content (AvgIpc) is 3.06. The lowest BCUT2D eigenvalue weighted by atomic mass is 10.1. The molecule has 0 aliphatic rings. The van der Waals surface area contributed by atoms with E-state index in [1.54, 1.807) is 18.1 Å². The Morgan fingerprint density at radius 3 is 2.44 bits per heavy atom. The van der Waals surface area contributed by atoms with Crippen LogP contribution in [0.5, 0.6) is 0 Å². The fraction of sp³-hybridized carbons (Fsp3) is 0.294. The largest absolute Gasteiger partial charge is 0.329 e. The summed E-state index contributed by atoms with van der Waals surface area (Å²) in [7, 11) is -1.32. The minimum absolute atomic E-state index is 0.0293. The smallest absolute Gasteiger partial charge is 0.149 e. The number of rotatable bonds is 5. The van der Waals surface area contributed by atoms with Crippen molar-refractivity contribution in [2.75, 3.05) is 12.0 Å². The Bertz CT molecular complexity index is 1010. The van der Waals surface area contributed by atoms with Crippen molar-refractivity contribution in [2.45, 2.75) is 13.5 Å². The van der Waals surface area contributed by atoms with Crippen molar-refractivity contribution in [1.82, 2.24) is 19.3 Å². The third-order valence-corrected chi connectivity index (χ3v) is 5.33. The summed E-state index contributed by atoms with van der Waals surface area (Å²) in [6.45, 7) is 2.18. The molecule has 0 spiro atoms. The van der Waals surface area contributed by atoms with Gasteiger partial charge in [-0.25, -0.2) is 13.4 Å². The summed E-state index contributed by atoms with van der Waals surface area (Å²) >= 11 is 6.47. The van der Waals surface area contributed by atoms with Gasteiger partial charge in [-0.15, -0.1) is 0 Å². The SMILES string of the molecule is Cc1nn(C)c(Cl)c1-c1c(-c2ccccc2)ncn1CCS(C)(=O)=O. The number of imidazole rings is 1. The summed E-state index contributed by atoms with van der Waals surface area (Å²) < 4.78 is 26.6. The van der Waals surface area contributed by atoms with E-state index in [0.717, 1.165) is 28.2 Å². The predicted molar refractivity (Wildman–Crippen MR) is 99.3 cm³/mol. The van der Waals surface area contributed by atoms with Crippen molar-refractivity contribution in [3.63, 3.8) is 0 Å². The molecule has 0 aliphatic carbocycles. The van der Waals surface area contributed by atoms with Gasteiger partial charge in [-0.1, -0.05) is 41.9 Å². The highest BCUT2D eigenvalue weighted by atomic mass is 35.5. The first-order chi connectivity index (χ1) is 11.8. The molecule has 0 aliphatic heterocycles. The molecule has 132 valence electrons. The second-order valence-electron chi connectivity index (χ2n) is 6.01. The van der Waals surface area contributed by atoms with Gasteiger partial charge in [0.05, 0.1) is 34.7 Å². The van der Waals surface area contributed by atoms with E-state index in [-0.39, 0.29) is 5.75 Å². The number of sulfone groups is 1. The molecule has 0 unspecified atom stereocenters. The van der Waals surface area contributed by atoms with Crippen molar-refractivity contribution in [3.05, 3.63) is 47.5 Å². The lowest BCUT2D eigenvalue weighted by molar-refractivity contribution is 0.595. The normalized spacial score (nSPS) is 11.8. The van der Waals surface area contributed by atoms with Gasteiger partial charge in [-0.2, -0.15) is 5.10 Å². The zero-order valence-electron chi connectivity index (χ0n) is 14.3. The lowest BCUT2D eigenvalue weighted by Gasteiger charge is -2.10. The standard InChI is InChI=1S/C17H19ClN4O2S/c1-12-14(17(18)21(2)20-12)16-15(13-7-5-4-6-8-13)19-11-22(16)9-10-25(3,23)24/h4-8,11H,9-10H2,1-3H3. The number of halogens is 1. The molecule has 8 heteroatoms. The summed E-state index contributed by atoms with van der Waals surface area (Å²) in [5, 5.41) is 4.87. The average molecular weight is 379 g/mol. The number of aryl methyl sites for hydroxylation is 3. The highest BCUT2D eigenvalue weighted by Gasteiger charge is 2.23. The van der Waals surface area contributed by atoms with Crippen molar-refractivity contribution in [2.24, 2.45) is 7.05 Å². The Morgan fingerprint density at radius 2 is 1.88 bits per heavy atom. The highest BCUT2D eigenvalue weighted by molar-refractivity contribution is 7.90. The highest BCUT2D eigenvalue weighted by Crippen LogP contribution is 2.37. The summed E-state index contributed by atoms with van der Waals surface area (Å²) in [5.74, 6) is 0.0293.